The van der Waals surface area contributed by atoms with Gasteiger partial charge in [0.2, 0.25) is 0 Å². The summed E-state index contributed by atoms with van der Waals surface area (Å²) in [6.07, 6.45) is -5.27. The summed E-state index contributed by atoms with van der Waals surface area (Å²) in [7, 11) is 0. The van der Waals surface area contributed by atoms with Crippen molar-refractivity contribution in [3.05, 3.63) is 0 Å². The van der Waals surface area contributed by atoms with E-state index in [4.69, 9.17) is 0 Å². The third-order valence-electron chi connectivity index (χ3n) is 3.25. The number of carbonyl (C=O) groups is 2. The van der Waals surface area contributed by atoms with Gasteiger partial charge in [-0.2, -0.15) is 13.2 Å². The highest BCUT2D eigenvalue weighted by Crippen LogP contribution is 2.39. The molecule has 0 aliphatic rings. The second-order valence-corrected chi connectivity index (χ2v) is 5.22. The molecule has 0 saturated heterocycles. The summed E-state index contributed by atoms with van der Waals surface area (Å²) < 4.78 is 37.7. The number of ketones is 2. The predicted molar refractivity (Wildman–Crippen MR) is 58.5 cm³/mol. The summed E-state index contributed by atoms with van der Waals surface area (Å²) in [6, 6.07) is 0. The monoisotopic (exact) mass is 252 g/mol. The number of hydrogen-bond acceptors (Lipinski definition) is 2. The molecule has 0 amide bonds. The van der Waals surface area contributed by atoms with Gasteiger partial charge in [0.05, 0.1) is 6.42 Å². The van der Waals surface area contributed by atoms with E-state index in [-0.39, 0.29) is 5.92 Å². The van der Waals surface area contributed by atoms with Gasteiger partial charge in [0.25, 0.3) is 0 Å². The molecule has 2 nitrogen and oxygen atoms in total. The smallest absolute Gasteiger partial charge is 0.299 e. The van der Waals surface area contributed by atoms with Gasteiger partial charge in [-0.25, -0.2) is 0 Å². The van der Waals surface area contributed by atoms with Crippen molar-refractivity contribution in [1.82, 2.24) is 0 Å². The van der Waals surface area contributed by atoms with E-state index in [0.29, 0.717) is 0 Å². The van der Waals surface area contributed by atoms with Gasteiger partial charge >= 0.3 is 6.18 Å². The lowest BCUT2D eigenvalue weighted by molar-refractivity contribution is -0.210. The number of alkyl halides is 3. The highest BCUT2D eigenvalue weighted by Gasteiger charge is 2.52. The first-order chi connectivity index (χ1) is 7.41. The Morgan fingerprint density at radius 2 is 1.47 bits per heavy atom. The number of hydrogen-bond donors (Lipinski definition) is 0. The van der Waals surface area contributed by atoms with Crippen LogP contribution in [0.3, 0.4) is 0 Å². The van der Waals surface area contributed by atoms with E-state index in [1.54, 1.807) is 20.8 Å². The van der Waals surface area contributed by atoms with Crippen molar-refractivity contribution in [2.24, 2.45) is 17.3 Å². The van der Waals surface area contributed by atoms with Crippen LogP contribution in [0, 0.1) is 17.3 Å². The molecule has 1 unspecified atom stereocenters. The van der Waals surface area contributed by atoms with Crippen LogP contribution in [0.5, 0.6) is 0 Å². The molecule has 17 heavy (non-hydrogen) atoms. The number of carbonyl (C=O) groups excluding carboxylic acids is 2. The quantitative estimate of drug-likeness (QED) is 0.703. The van der Waals surface area contributed by atoms with Crippen molar-refractivity contribution in [2.45, 2.75) is 47.2 Å². The van der Waals surface area contributed by atoms with Crippen molar-refractivity contribution in [2.75, 3.05) is 0 Å². The first-order valence-electron chi connectivity index (χ1n) is 5.54. The lowest BCUT2D eigenvalue weighted by atomic mass is 9.82. The molecule has 0 spiro atoms. The second-order valence-electron chi connectivity index (χ2n) is 5.22. The van der Waals surface area contributed by atoms with Gasteiger partial charge in [0, 0.05) is 5.92 Å². The topological polar surface area (TPSA) is 34.1 Å². The molecule has 0 N–H and O–H groups in total. The minimum absolute atomic E-state index is 0.0179. The van der Waals surface area contributed by atoms with E-state index in [1.165, 1.54) is 0 Å². The second kappa shape index (κ2) is 5.19. The maximum Gasteiger partial charge on any atom is 0.400 e. The van der Waals surface area contributed by atoms with Gasteiger partial charge in [-0.05, 0) is 19.8 Å². The van der Waals surface area contributed by atoms with Gasteiger partial charge in [-0.15, -0.1) is 0 Å². The third-order valence-corrected chi connectivity index (χ3v) is 3.25. The van der Waals surface area contributed by atoms with Crippen LogP contribution in [-0.4, -0.2) is 17.7 Å². The maximum absolute atomic E-state index is 12.6. The molecule has 0 aliphatic heterocycles. The van der Waals surface area contributed by atoms with Crippen molar-refractivity contribution >= 4 is 11.6 Å². The van der Waals surface area contributed by atoms with E-state index in [1.807, 2.05) is 0 Å². The Morgan fingerprint density at radius 1 is 1.06 bits per heavy atom. The zero-order valence-corrected chi connectivity index (χ0v) is 10.8. The van der Waals surface area contributed by atoms with Crippen LogP contribution in [0.4, 0.5) is 13.2 Å². The molecule has 0 saturated carbocycles. The molecule has 5 heteroatoms. The Kier molecular flexibility index (Phi) is 4.92. The average Bonchev–Trinajstić information content (AvgIpc) is 2.14. The molecule has 0 radical (unpaired) electrons. The van der Waals surface area contributed by atoms with Crippen molar-refractivity contribution in [3.8, 4) is 0 Å². The SMILES string of the molecule is CC(C)C(C)C(=O)CC(=O)C(C)(C)C(F)(F)F. The predicted octanol–water partition coefficient (Wildman–Crippen LogP) is 3.40. The number of rotatable bonds is 5. The Morgan fingerprint density at radius 3 is 1.76 bits per heavy atom. The lowest BCUT2D eigenvalue weighted by Crippen LogP contribution is -2.41. The van der Waals surface area contributed by atoms with Gasteiger partial charge in [0.1, 0.15) is 11.2 Å². The normalized spacial score (nSPS) is 14.9. The third kappa shape index (κ3) is 3.82. The van der Waals surface area contributed by atoms with Gasteiger partial charge < -0.3 is 0 Å². The molecule has 0 heterocycles. The van der Waals surface area contributed by atoms with E-state index in [9.17, 15) is 22.8 Å². The molecule has 0 bridgehead atoms. The van der Waals surface area contributed by atoms with Gasteiger partial charge in [-0.3, -0.25) is 9.59 Å². The van der Waals surface area contributed by atoms with Gasteiger partial charge in [-0.1, -0.05) is 20.8 Å². The van der Waals surface area contributed by atoms with E-state index in [0.717, 1.165) is 13.8 Å². The minimum Gasteiger partial charge on any atom is -0.299 e. The summed E-state index contributed by atoms with van der Waals surface area (Å²) >= 11 is 0. The van der Waals surface area contributed by atoms with Crippen LogP contribution in [-0.2, 0) is 9.59 Å². The zero-order chi connectivity index (χ0) is 14.0. The first-order valence-corrected chi connectivity index (χ1v) is 5.54. The van der Waals surface area contributed by atoms with E-state index >= 15 is 0 Å². The van der Waals surface area contributed by atoms with Crippen LogP contribution < -0.4 is 0 Å². The molecule has 0 fully saturated rings. The Balaban J connectivity index is 4.73. The van der Waals surface area contributed by atoms with Crippen LogP contribution >= 0.6 is 0 Å². The van der Waals surface area contributed by atoms with Crippen molar-refractivity contribution in [1.29, 1.82) is 0 Å². The lowest BCUT2D eigenvalue weighted by Gasteiger charge is -2.26. The molecular weight excluding hydrogens is 233 g/mol. The Hall–Kier alpha value is -0.870. The molecule has 0 aliphatic carbocycles. The Labute approximate surface area is 99.6 Å². The first kappa shape index (κ1) is 16.1. The van der Waals surface area contributed by atoms with Crippen LogP contribution in [0.2, 0.25) is 0 Å². The molecule has 0 rings (SSSR count). The molecule has 0 aromatic rings. The van der Waals surface area contributed by atoms with Crippen molar-refractivity contribution in [3.63, 3.8) is 0 Å². The van der Waals surface area contributed by atoms with Crippen molar-refractivity contribution < 1.29 is 22.8 Å². The summed E-state index contributed by atoms with van der Waals surface area (Å²) in [4.78, 5) is 23.1. The Bertz CT molecular complexity index is 303. The average molecular weight is 252 g/mol. The van der Waals surface area contributed by atoms with E-state index < -0.39 is 35.5 Å². The molecular formula is C12H19F3O2. The molecule has 1 atom stereocenters. The summed E-state index contributed by atoms with van der Waals surface area (Å²) in [6.45, 7) is 6.83. The van der Waals surface area contributed by atoms with Crippen LogP contribution in [0.15, 0.2) is 0 Å². The molecule has 0 aromatic heterocycles. The molecule has 100 valence electrons. The highest BCUT2D eigenvalue weighted by molar-refractivity contribution is 6.02. The zero-order valence-electron chi connectivity index (χ0n) is 10.8. The fourth-order valence-corrected chi connectivity index (χ4v) is 1.07. The minimum atomic E-state index is -4.62. The van der Waals surface area contributed by atoms with Crippen LogP contribution in [0.1, 0.15) is 41.0 Å². The number of Topliss-reactive ketones (excluding diaryl/α,β-unsaturated/α-hetero) is 2. The summed E-state index contributed by atoms with van der Waals surface area (Å²) in [5.41, 5.74) is -2.46. The summed E-state index contributed by atoms with van der Waals surface area (Å²) in [5.74, 6) is -1.88. The standard InChI is InChI=1S/C12H19F3O2/c1-7(2)8(3)9(16)6-10(17)11(4,5)12(13,14)15/h7-8H,6H2,1-5H3. The van der Waals surface area contributed by atoms with Crippen LogP contribution in [0.25, 0.3) is 0 Å². The molecule has 0 aromatic carbocycles. The number of halogens is 3. The van der Waals surface area contributed by atoms with Gasteiger partial charge in [0.15, 0.2) is 5.78 Å². The fraction of sp³-hybridized carbons (Fsp3) is 0.833. The maximum atomic E-state index is 12.6. The summed E-state index contributed by atoms with van der Waals surface area (Å²) in [5, 5.41) is 0. The highest BCUT2D eigenvalue weighted by atomic mass is 19.4. The largest absolute Gasteiger partial charge is 0.400 e. The fourth-order valence-electron chi connectivity index (χ4n) is 1.07. The van der Waals surface area contributed by atoms with E-state index in [2.05, 4.69) is 0 Å².